The van der Waals surface area contributed by atoms with Gasteiger partial charge in [-0.2, -0.15) is 0 Å². The van der Waals surface area contributed by atoms with Crippen molar-refractivity contribution in [2.75, 3.05) is 0 Å². The fraction of sp³-hybridized carbons (Fsp3) is 1.00. The Balaban J connectivity index is 2.49. The van der Waals surface area contributed by atoms with Crippen molar-refractivity contribution in [3.8, 4) is 0 Å². The lowest BCUT2D eigenvalue weighted by Crippen LogP contribution is -2.43. The molecule has 1 fully saturated rings. The molecule has 0 aliphatic heterocycles. The van der Waals surface area contributed by atoms with Crippen LogP contribution in [0.5, 0.6) is 0 Å². The van der Waals surface area contributed by atoms with E-state index in [4.69, 9.17) is 5.73 Å². The minimum absolute atomic E-state index is 0.212. The van der Waals surface area contributed by atoms with Crippen LogP contribution >= 0.6 is 0 Å². The van der Waals surface area contributed by atoms with Crippen LogP contribution in [0.2, 0.25) is 0 Å². The van der Waals surface area contributed by atoms with Crippen molar-refractivity contribution in [3.05, 3.63) is 0 Å². The standard InChI is InChI=1S/C8H16FN/c1-5-3-6(2)8(10)7(9)4-5/h5-8H,3-4,10H2,1-2H3/t5-,6+,7-,8-/m1/s1. The molecule has 0 bridgehead atoms. The summed E-state index contributed by atoms with van der Waals surface area (Å²) in [5.74, 6) is 0.878. The molecule has 4 atom stereocenters. The SMILES string of the molecule is C[C@H]1C[C@@H](F)[C@H](N)[C@@H](C)C1. The molecule has 0 aromatic rings. The monoisotopic (exact) mass is 145 g/mol. The van der Waals surface area contributed by atoms with Gasteiger partial charge in [0.1, 0.15) is 6.17 Å². The molecular formula is C8H16FN. The van der Waals surface area contributed by atoms with Gasteiger partial charge in [-0.1, -0.05) is 13.8 Å². The van der Waals surface area contributed by atoms with Gasteiger partial charge in [0.25, 0.3) is 0 Å². The quantitative estimate of drug-likeness (QED) is 0.552. The highest BCUT2D eigenvalue weighted by molar-refractivity contribution is 4.85. The molecule has 0 saturated heterocycles. The first-order valence-electron chi connectivity index (χ1n) is 4.01. The van der Waals surface area contributed by atoms with Crippen LogP contribution in [0.1, 0.15) is 26.7 Å². The summed E-state index contributed by atoms with van der Waals surface area (Å²) in [6, 6.07) is -0.212. The largest absolute Gasteiger partial charge is 0.325 e. The van der Waals surface area contributed by atoms with Gasteiger partial charge in [-0.25, -0.2) is 4.39 Å². The first kappa shape index (κ1) is 7.99. The summed E-state index contributed by atoms with van der Waals surface area (Å²) in [5, 5.41) is 0. The molecule has 0 amide bonds. The molecule has 1 aliphatic rings. The number of rotatable bonds is 0. The van der Waals surface area contributed by atoms with Gasteiger partial charge in [-0.15, -0.1) is 0 Å². The Morgan fingerprint density at radius 1 is 1.30 bits per heavy atom. The van der Waals surface area contributed by atoms with Crippen molar-refractivity contribution >= 4 is 0 Å². The molecule has 1 rings (SSSR count). The molecule has 0 radical (unpaired) electrons. The normalized spacial score (nSPS) is 49.2. The zero-order valence-electron chi connectivity index (χ0n) is 6.68. The summed E-state index contributed by atoms with van der Waals surface area (Å²) in [6.45, 7) is 4.13. The topological polar surface area (TPSA) is 26.0 Å². The van der Waals surface area contributed by atoms with Gasteiger partial charge in [-0.05, 0) is 24.7 Å². The lowest BCUT2D eigenvalue weighted by molar-refractivity contribution is 0.135. The maximum atomic E-state index is 13.0. The van der Waals surface area contributed by atoms with Crippen LogP contribution in [0.15, 0.2) is 0 Å². The van der Waals surface area contributed by atoms with Crippen LogP contribution in [0.25, 0.3) is 0 Å². The minimum Gasteiger partial charge on any atom is -0.325 e. The smallest absolute Gasteiger partial charge is 0.116 e. The van der Waals surface area contributed by atoms with Crippen molar-refractivity contribution < 1.29 is 4.39 Å². The van der Waals surface area contributed by atoms with Gasteiger partial charge in [0.2, 0.25) is 0 Å². The molecule has 10 heavy (non-hydrogen) atoms. The summed E-state index contributed by atoms with van der Waals surface area (Å²) in [4.78, 5) is 0. The van der Waals surface area contributed by atoms with Crippen LogP contribution in [-0.2, 0) is 0 Å². The first-order chi connectivity index (χ1) is 4.61. The van der Waals surface area contributed by atoms with Gasteiger partial charge in [0.15, 0.2) is 0 Å². The number of halogens is 1. The summed E-state index contributed by atoms with van der Waals surface area (Å²) < 4.78 is 13.0. The Morgan fingerprint density at radius 2 is 1.90 bits per heavy atom. The van der Waals surface area contributed by atoms with Crippen molar-refractivity contribution in [2.24, 2.45) is 17.6 Å². The second-order valence-electron chi connectivity index (χ2n) is 3.65. The summed E-state index contributed by atoms with van der Waals surface area (Å²) in [7, 11) is 0. The van der Waals surface area contributed by atoms with Crippen LogP contribution in [0.3, 0.4) is 0 Å². The summed E-state index contributed by atoms with van der Waals surface area (Å²) in [6.07, 6.45) is 0.978. The van der Waals surface area contributed by atoms with Crippen molar-refractivity contribution in [3.63, 3.8) is 0 Å². The first-order valence-corrected chi connectivity index (χ1v) is 4.01. The lowest BCUT2D eigenvalue weighted by Gasteiger charge is -2.32. The molecule has 1 aliphatic carbocycles. The number of alkyl halides is 1. The maximum Gasteiger partial charge on any atom is 0.116 e. The van der Waals surface area contributed by atoms with Gasteiger partial charge in [0.05, 0.1) is 0 Å². The molecular weight excluding hydrogens is 129 g/mol. The van der Waals surface area contributed by atoms with E-state index in [0.717, 1.165) is 6.42 Å². The Kier molecular flexibility index (Phi) is 2.29. The van der Waals surface area contributed by atoms with E-state index < -0.39 is 6.17 Å². The van der Waals surface area contributed by atoms with Gasteiger partial charge in [0, 0.05) is 6.04 Å². The highest BCUT2D eigenvalue weighted by Crippen LogP contribution is 2.29. The molecule has 1 saturated carbocycles. The third-order valence-electron chi connectivity index (χ3n) is 2.48. The van der Waals surface area contributed by atoms with E-state index in [9.17, 15) is 4.39 Å². The number of hydrogen-bond donors (Lipinski definition) is 1. The van der Waals surface area contributed by atoms with Gasteiger partial charge >= 0.3 is 0 Å². The Morgan fingerprint density at radius 3 is 2.40 bits per heavy atom. The predicted octanol–water partition coefficient (Wildman–Crippen LogP) is 1.72. The van der Waals surface area contributed by atoms with E-state index in [1.807, 2.05) is 6.92 Å². The van der Waals surface area contributed by atoms with Gasteiger partial charge in [-0.3, -0.25) is 0 Å². The summed E-state index contributed by atoms with van der Waals surface area (Å²) >= 11 is 0. The Labute approximate surface area is 61.8 Å². The van der Waals surface area contributed by atoms with Gasteiger partial charge < -0.3 is 5.73 Å². The fourth-order valence-corrected chi connectivity index (χ4v) is 1.79. The third kappa shape index (κ3) is 1.48. The molecule has 0 heterocycles. The van der Waals surface area contributed by atoms with Crippen LogP contribution in [-0.4, -0.2) is 12.2 Å². The van der Waals surface area contributed by atoms with E-state index in [-0.39, 0.29) is 6.04 Å². The molecule has 1 nitrogen and oxygen atoms in total. The predicted molar refractivity (Wildman–Crippen MR) is 40.4 cm³/mol. The van der Waals surface area contributed by atoms with Crippen LogP contribution in [0, 0.1) is 11.8 Å². The van der Waals surface area contributed by atoms with Crippen LogP contribution < -0.4 is 5.73 Å². The van der Waals surface area contributed by atoms with Crippen molar-refractivity contribution in [1.82, 2.24) is 0 Å². The molecule has 2 heteroatoms. The van der Waals surface area contributed by atoms with E-state index in [0.29, 0.717) is 18.3 Å². The average Bonchev–Trinajstić information content (AvgIpc) is 1.82. The highest BCUT2D eigenvalue weighted by Gasteiger charge is 2.30. The molecule has 0 unspecified atom stereocenters. The molecule has 0 aromatic carbocycles. The van der Waals surface area contributed by atoms with E-state index in [1.165, 1.54) is 0 Å². The zero-order chi connectivity index (χ0) is 7.72. The van der Waals surface area contributed by atoms with Crippen LogP contribution in [0.4, 0.5) is 4.39 Å². The molecule has 0 spiro atoms. The second kappa shape index (κ2) is 2.87. The minimum atomic E-state index is -0.765. The Bertz CT molecular complexity index is 104. The van der Waals surface area contributed by atoms with E-state index in [1.54, 1.807) is 0 Å². The average molecular weight is 145 g/mol. The third-order valence-corrected chi connectivity index (χ3v) is 2.48. The summed E-state index contributed by atoms with van der Waals surface area (Å²) in [5.41, 5.74) is 5.61. The maximum absolute atomic E-state index is 13.0. The molecule has 2 N–H and O–H groups in total. The zero-order valence-corrected chi connectivity index (χ0v) is 6.68. The number of hydrogen-bond acceptors (Lipinski definition) is 1. The van der Waals surface area contributed by atoms with E-state index in [2.05, 4.69) is 6.92 Å². The lowest BCUT2D eigenvalue weighted by atomic mass is 9.79. The Hall–Kier alpha value is -0.110. The van der Waals surface area contributed by atoms with E-state index >= 15 is 0 Å². The van der Waals surface area contributed by atoms with Crippen molar-refractivity contribution in [1.29, 1.82) is 0 Å². The highest BCUT2D eigenvalue weighted by atomic mass is 19.1. The van der Waals surface area contributed by atoms with Crippen molar-refractivity contribution in [2.45, 2.75) is 38.9 Å². The fourth-order valence-electron chi connectivity index (χ4n) is 1.79. The molecule has 60 valence electrons. The second-order valence-corrected chi connectivity index (χ2v) is 3.65. The molecule has 0 aromatic heterocycles. The number of nitrogens with two attached hydrogens (primary N) is 1.